The largest absolute Gasteiger partial charge is 0.451 e. The van der Waals surface area contributed by atoms with Gasteiger partial charge in [0.15, 0.2) is 12.3 Å². The minimum absolute atomic E-state index is 0.0307. The summed E-state index contributed by atoms with van der Waals surface area (Å²) in [4.78, 5) is 24.2. The number of carbonyl (C=O) groups excluding carboxylic acids is 2. The predicted molar refractivity (Wildman–Crippen MR) is 93.7 cm³/mol. The van der Waals surface area contributed by atoms with E-state index in [0.717, 1.165) is 36.9 Å². The summed E-state index contributed by atoms with van der Waals surface area (Å²) >= 11 is 0. The molecule has 138 valence electrons. The van der Waals surface area contributed by atoms with Crippen LogP contribution >= 0.6 is 0 Å². The molecule has 0 spiro atoms. The fraction of sp³-hybridized carbons (Fsp3) is 0.421. The van der Waals surface area contributed by atoms with Gasteiger partial charge in [-0.3, -0.25) is 4.79 Å². The molecular formula is C19H22FN3O3. The Hall–Kier alpha value is -2.70. The van der Waals surface area contributed by atoms with Crippen LogP contribution in [-0.4, -0.2) is 34.3 Å². The monoisotopic (exact) mass is 359 g/mol. The molecule has 1 amide bonds. The van der Waals surface area contributed by atoms with Crippen molar-refractivity contribution in [2.75, 3.05) is 6.61 Å². The molecule has 2 aromatic rings. The molecule has 0 aliphatic heterocycles. The second kappa shape index (κ2) is 7.68. The summed E-state index contributed by atoms with van der Waals surface area (Å²) in [5.74, 6) is -1.27. The summed E-state index contributed by atoms with van der Waals surface area (Å²) in [6, 6.07) is 5.99. The third-order valence-electron chi connectivity index (χ3n) is 4.55. The molecule has 1 atom stereocenters. The van der Waals surface area contributed by atoms with E-state index in [1.807, 2.05) is 13.8 Å². The Morgan fingerprint density at radius 3 is 2.73 bits per heavy atom. The van der Waals surface area contributed by atoms with Gasteiger partial charge in [0.1, 0.15) is 5.82 Å². The number of esters is 1. The van der Waals surface area contributed by atoms with Crippen molar-refractivity contribution in [2.45, 2.75) is 45.6 Å². The molecule has 0 saturated carbocycles. The molecule has 26 heavy (non-hydrogen) atoms. The molecule has 0 fully saturated rings. The summed E-state index contributed by atoms with van der Waals surface area (Å²) in [6.45, 7) is 3.51. The van der Waals surface area contributed by atoms with Gasteiger partial charge < -0.3 is 10.1 Å². The van der Waals surface area contributed by atoms with Gasteiger partial charge in [-0.05, 0) is 56.9 Å². The van der Waals surface area contributed by atoms with Crippen molar-refractivity contribution >= 4 is 11.9 Å². The Morgan fingerprint density at radius 1 is 1.31 bits per heavy atom. The standard InChI is InChI=1S/C19H22FN3O3/c1-3-12(2)21-17(24)11-26-19(25)18-15-5-4-6-16(15)23(22-18)14-9-7-13(20)8-10-14/h7-10,12H,3-6,11H2,1-2H3,(H,21,24)/t12-/m1/s1. The lowest BCUT2D eigenvalue weighted by Crippen LogP contribution is -2.35. The van der Waals surface area contributed by atoms with Crippen LogP contribution in [-0.2, 0) is 22.4 Å². The summed E-state index contributed by atoms with van der Waals surface area (Å²) in [5, 5.41) is 7.12. The van der Waals surface area contributed by atoms with Gasteiger partial charge in [0.05, 0.1) is 5.69 Å². The Bertz CT molecular complexity index is 814. The maximum atomic E-state index is 13.2. The maximum absolute atomic E-state index is 13.2. The number of benzene rings is 1. The van der Waals surface area contributed by atoms with Crippen LogP contribution in [0.5, 0.6) is 0 Å². The van der Waals surface area contributed by atoms with Crippen molar-refractivity contribution < 1.29 is 18.7 Å². The molecule has 3 rings (SSSR count). The number of ether oxygens (including phenoxy) is 1. The Kier molecular flexibility index (Phi) is 5.35. The molecular weight excluding hydrogens is 337 g/mol. The van der Waals surface area contributed by atoms with Crippen molar-refractivity contribution in [1.82, 2.24) is 15.1 Å². The molecule has 0 radical (unpaired) electrons. The Morgan fingerprint density at radius 2 is 2.04 bits per heavy atom. The quantitative estimate of drug-likeness (QED) is 0.805. The third kappa shape index (κ3) is 3.76. The first-order valence-electron chi connectivity index (χ1n) is 8.82. The van der Waals surface area contributed by atoms with Crippen molar-refractivity contribution in [1.29, 1.82) is 0 Å². The van der Waals surface area contributed by atoms with Crippen LogP contribution in [0.3, 0.4) is 0 Å². The first-order chi connectivity index (χ1) is 12.5. The Labute approximate surface area is 151 Å². The number of amides is 1. The van der Waals surface area contributed by atoms with Gasteiger partial charge in [-0.15, -0.1) is 0 Å². The van der Waals surface area contributed by atoms with Gasteiger partial charge in [-0.25, -0.2) is 13.9 Å². The molecule has 0 unspecified atom stereocenters. The highest BCUT2D eigenvalue weighted by Gasteiger charge is 2.28. The van der Waals surface area contributed by atoms with Gasteiger partial charge in [-0.2, -0.15) is 5.10 Å². The molecule has 0 saturated heterocycles. The summed E-state index contributed by atoms with van der Waals surface area (Å²) in [6.07, 6.45) is 3.25. The zero-order valence-electron chi connectivity index (χ0n) is 14.9. The highest BCUT2D eigenvalue weighted by atomic mass is 19.1. The van der Waals surface area contributed by atoms with Gasteiger partial charge in [0, 0.05) is 17.3 Å². The summed E-state index contributed by atoms with van der Waals surface area (Å²) in [7, 11) is 0. The van der Waals surface area contributed by atoms with Gasteiger partial charge in [0.2, 0.25) is 0 Å². The van der Waals surface area contributed by atoms with Crippen molar-refractivity contribution in [3.8, 4) is 5.69 Å². The molecule has 1 aromatic carbocycles. The lowest BCUT2D eigenvalue weighted by Gasteiger charge is -2.11. The second-order valence-corrected chi connectivity index (χ2v) is 6.47. The summed E-state index contributed by atoms with van der Waals surface area (Å²) < 4.78 is 20.0. The van der Waals surface area contributed by atoms with E-state index in [1.54, 1.807) is 16.8 Å². The highest BCUT2D eigenvalue weighted by molar-refractivity contribution is 5.91. The van der Waals surface area contributed by atoms with E-state index in [9.17, 15) is 14.0 Å². The molecule has 1 N–H and O–H groups in total. The van der Waals surface area contributed by atoms with Crippen molar-refractivity contribution in [3.63, 3.8) is 0 Å². The van der Waals surface area contributed by atoms with Crippen LogP contribution in [0.15, 0.2) is 24.3 Å². The number of nitrogens with one attached hydrogen (secondary N) is 1. The molecule has 0 bridgehead atoms. The number of halogens is 1. The maximum Gasteiger partial charge on any atom is 0.359 e. The SMILES string of the molecule is CC[C@@H](C)NC(=O)COC(=O)c1nn(-c2ccc(F)cc2)c2c1CCC2. The highest BCUT2D eigenvalue weighted by Crippen LogP contribution is 2.28. The molecule has 1 heterocycles. The molecule has 1 aliphatic carbocycles. The lowest BCUT2D eigenvalue weighted by molar-refractivity contribution is -0.124. The average molecular weight is 359 g/mol. The van der Waals surface area contributed by atoms with Crippen LogP contribution in [0.2, 0.25) is 0 Å². The zero-order valence-corrected chi connectivity index (χ0v) is 14.9. The van der Waals surface area contributed by atoms with E-state index in [1.165, 1.54) is 12.1 Å². The number of hydrogen-bond acceptors (Lipinski definition) is 4. The first kappa shape index (κ1) is 18.1. The fourth-order valence-electron chi connectivity index (χ4n) is 3.02. The number of carbonyl (C=O) groups is 2. The lowest BCUT2D eigenvalue weighted by atomic mass is 10.2. The third-order valence-corrected chi connectivity index (χ3v) is 4.55. The average Bonchev–Trinajstić information content (AvgIpc) is 3.23. The van der Waals surface area contributed by atoms with E-state index in [-0.39, 0.29) is 30.1 Å². The Balaban J connectivity index is 1.76. The zero-order chi connectivity index (χ0) is 18.7. The minimum Gasteiger partial charge on any atom is -0.451 e. The molecule has 1 aliphatic rings. The summed E-state index contributed by atoms with van der Waals surface area (Å²) in [5.41, 5.74) is 2.71. The normalized spacial score (nSPS) is 14.0. The number of aromatic nitrogens is 2. The minimum atomic E-state index is -0.608. The van der Waals surface area contributed by atoms with Gasteiger partial charge in [0.25, 0.3) is 5.91 Å². The van der Waals surface area contributed by atoms with Gasteiger partial charge >= 0.3 is 5.97 Å². The van der Waals surface area contributed by atoms with E-state index < -0.39 is 5.97 Å². The number of nitrogens with zero attached hydrogens (tertiary/aromatic N) is 2. The van der Waals surface area contributed by atoms with Crippen LogP contribution in [0.25, 0.3) is 5.69 Å². The van der Waals surface area contributed by atoms with Crippen molar-refractivity contribution in [2.24, 2.45) is 0 Å². The fourth-order valence-corrected chi connectivity index (χ4v) is 3.02. The van der Waals surface area contributed by atoms with Crippen LogP contribution < -0.4 is 5.32 Å². The molecule has 1 aromatic heterocycles. The van der Waals surface area contributed by atoms with E-state index in [2.05, 4.69) is 10.4 Å². The topological polar surface area (TPSA) is 73.2 Å². The smallest absolute Gasteiger partial charge is 0.359 e. The number of fused-ring (bicyclic) bond motifs is 1. The van der Waals surface area contributed by atoms with Crippen molar-refractivity contribution in [3.05, 3.63) is 47.0 Å². The predicted octanol–water partition coefficient (Wildman–Crippen LogP) is 2.57. The second-order valence-electron chi connectivity index (χ2n) is 6.47. The van der Waals surface area contributed by atoms with Crippen LogP contribution in [0, 0.1) is 5.82 Å². The van der Waals surface area contributed by atoms with E-state index in [0.29, 0.717) is 5.69 Å². The van der Waals surface area contributed by atoms with Gasteiger partial charge in [-0.1, -0.05) is 6.92 Å². The first-order valence-corrected chi connectivity index (χ1v) is 8.82. The number of rotatable bonds is 6. The van der Waals surface area contributed by atoms with Crippen LogP contribution in [0.1, 0.15) is 48.4 Å². The van der Waals surface area contributed by atoms with E-state index in [4.69, 9.17) is 4.74 Å². The van der Waals surface area contributed by atoms with Crippen LogP contribution in [0.4, 0.5) is 4.39 Å². The molecule has 6 nitrogen and oxygen atoms in total. The number of hydrogen-bond donors (Lipinski definition) is 1. The van der Waals surface area contributed by atoms with E-state index >= 15 is 0 Å². The molecule has 7 heteroatoms.